The van der Waals surface area contributed by atoms with Gasteiger partial charge in [0.25, 0.3) is 0 Å². The van der Waals surface area contributed by atoms with Gasteiger partial charge in [-0.25, -0.2) is 19.6 Å². The van der Waals surface area contributed by atoms with Gasteiger partial charge in [0.1, 0.15) is 23.7 Å². The van der Waals surface area contributed by atoms with Crippen molar-refractivity contribution < 1.29 is 38.1 Å². The van der Waals surface area contributed by atoms with Gasteiger partial charge in [0.15, 0.2) is 0 Å². The molecule has 6 fully saturated rings. The first-order valence-corrected chi connectivity index (χ1v) is 25.8. The van der Waals surface area contributed by atoms with E-state index in [0.29, 0.717) is 24.7 Å². The van der Waals surface area contributed by atoms with Gasteiger partial charge in [-0.05, 0) is 151 Å². The van der Waals surface area contributed by atoms with Crippen LogP contribution in [0.15, 0.2) is 60.9 Å². The lowest BCUT2D eigenvalue weighted by Gasteiger charge is -2.40. The molecule has 16 heteroatoms. The van der Waals surface area contributed by atoms with E-state index >= 15 is 0 Å². The molecule has 4 saturated heterocycles. The van der Waals surface area contributed by atoms with Crippen molar-refractivity contribution in [3.05, 3.63) is 72.6 Å². The lowest BCUT2D eigenvalue weighted by Crippen LogP contribution is -2.55. The maximum absolute atomic E-state index is 14.6. The molecule has 4 aliphatic heterocycles. The van der Waals surface area contributed by atoms with Crippen molar-refractivity contribution in [2.45, 2.75) is 165 Å². The first kappa shape index (κ1) is 47.9. The van der Waals surface area contributed by atoms with Crippen LogP contribution in [-0.4, -0.2) is 117 Å². The van der Waals surface area contributed by atoms with Crippen LogP contribution in [0, 0.1) is 23.7 Å². The number of alkyl carbamates (subject to hydrolysis) is 2. The number of hydrogen-bond acceptors (Lipinski definition) is 10. The van der Waals surface area contributed by atoms with Gasteiger partial charge in [0.05, 0.1) is 74.5 Å². The first-order valence-electron chi connectivity index (χ1n) is 25.8. The maximum atomic E-state index is 14.6. The average Bonchev–Trinajstić information content (AvgIpc) is 4.21. The second-order valence-electron chi connectivity index (χ2n) is 21.2. The number of rotatable bonds is 13. The molecule has 12 atom stereocenters. The molecule has 2 aliphatic carbocycles. The van der Waals surface area contributed by atoms with Gasteiger partial charge in [0.2, 0.25) is 11.8 Å². The fourth-order valence-electron chi connectivity index (χ4n) is 12.2. The Labute approximate surface area is 410 Å². The molecule has 4 amide bonds. The van der Waals surface area contributed by atoms with E-state index in [9.17, 15) is 19.2 Å². The second-order valence-corrected chi connectivity index (χ2v) is 21.2. The summed E-state index contributed by atoms with van der Waals surface area (Å²) >= 11 is 0. The standard InChI is InChI=1S/C54H70N8O8/c1-29-7-21-43(61(29)51(63)47(59-53(65)67-5)39-23-31(3)69-45(25-39)37-17-18-37)49-55-27-41(57-49)35-13-9-33(10-14-35)34-11-15-36(16-12-34)42-28-56-50(58-42)44-22-8-30(2)62(44)52(64)48(60-54(66)68-6)40-24-32(4)70-46(26-40)38-19-20-38/h9-16,27-32,37-40,43-48H,7-8,17-26H2,1-6H3,(H,55,57)(H,56,58)(H,59,65)(H,60,66)/t29-,30-,31+,32+,39-,40-,43-,44-,45-,46-,47-,48-/m0/s1. The minimum atomic E-state index is -0.719. The maximum Gasteiger partial charge on any atom is 0.407 e. The number of methoxy groups -OCH3 is 2. The number of hydrogen-bond donors (Lipinski definition) is 4. The predicted octanol–water partition coefficient (Wildman–Crippen LogP) is 8.87. The van der Waals surface area contributed by atoms with Crippen molar-refractivity contribution >= 4 is 24.0 Å². The van der Waals surface area contributed by atoms with E-state index in [0.717, 1.165) is 109 Å². The Morgan fingerprint density at radius 3 is 1.29 bits per heavy atom. The predicted molar refractivity (Wildman–Crippen MR) is 262 cm³/mol. The number of H-pyrrole nitrogens is 2. The third-order valence-corrected chi connectivity index (χ3v) is 16.2. The highest BCUT2D eigenvalue weighted by molar-refractivity contribution is 5.88. The van der Waals surface area contributed by atoms with Crippen molar-refractivity contribution in [2.75, 3.05) is 14.2 Å². The average molecular weight is 959 g/mol. The summed E-state index contributed by atoms with van der Waals surface area (Å²) in [7, 11) is 2.67. The van der Waals surface area contributed by atoms with Gasteiger partial charge >= 0.3 is 12.2 Å². The number of aromatic amines is 2. The summed E-state index contributed by atoms with van der Waals surface area (Å²) in [5, 5.41) is 5.87. The molecular formula is C54H70N8O8. The summed E-state index contributed by atoms with van der Waals surface area (Å²) in [6.45, 7) is 8.27. The smallest absolute Gasteiger partial charge is 0.407 e. The summed E-state index contributed by atoms with van der Waals surface area (Å²) in [5.41, 5.74) is 5.80. The minimum absolute atomic E-state index is 0.00459. The summed E-state index contributed by atoms with van der Waals surface area (Å²) < 4.78 is 22.6. The van der Waals surface area contributed by atoms with E-state index in [1.54, 1.807) is 0 Å². The van der Waals surface area contributed by atoms with Crippen LogP contribution in [0.3, 0.4) is 0 Å². The van der Waals surface area contributed by atoms with Crippen LogP contribution in [0.2, 0.25) is 0 Å². The van der Waals surface area contributed by atoms with Crippen molar-refractivity contribution in [1.82, 2.24) is 40.4 Å². The molecule has 374 valence electrons. The number of nitrogens with zero attached hydrogens (tertiary/aromatic N) is 4. The molecule has 70 heavy (non-hydrogen) atoms. The Kier molecular flexibility index (Phi) is 13.8. The fourth-order valence-corrected chi connectivity index (χ4v) is 12.2. The van der Waals surface area contributed by atoms with Gasteiger partial charge in [-0.15, -0.1) is 0 Å². The molecule has 2 saturated carbocycles. The molecule has 0 radical (unpaired) electrons. The summed E-state index contributed by atoms with van der Waals surface area (Å²) in [6, 6.07) is 14.7. The van der Waals surface area contributed by atoms with Crippen LogP contribution in [-0.2, 0) is 28.5 Å². The third kappa shape index (κ3) is 10.1. The van der Waals surface area contributed by atoms with Crippen LogP contribution >= 0.6 is 0 Å². The second kappa shape index (κ2) is 20.2. The van der Waals surface area contributed by atoms with Crippen molar-refractivity contribution in [3.63, 3.8) is 0 Å². The van der Waals surface area contributed by atoms with Gasteiger partial charge in [-0.3, -0.25) is 9.59 Å². The van der Waals surface area contributed by atoms with Gasteiger partial charge in [0, 0.05) is 12.1 Å². The zero-order valence-corrected chi connectivity index (χ0v) is 41.4. The van der Waals surface area contributed by atoms with Crippen LogP contribution in [0.4, 0.5) is 9.59 Å². The van der Waals surface area contributed by atoms with Crippen molar-refractivity contribution in [2.24, 2.45) is 23.7 Å². The molecule has 2 aromatic heterocycles. The summed E-state index contributed by atoms with van der Waals surface area (Å²) in [6.07, 6.45) is 13.3. The first-order chi connectivity index (χ1) is 33.8. The SMILES string of the molecule is COC(=O)N[C@H](C(=O)N1[C@@H](C)CC[C@H]1c1ncc(-c2ccc(-c3ccc(-c4cnc([C@@H]5CC[C@H](C)N5C(=O)[C@@H](NC(=O)OC)[C@H]5C[C@@H](C)O[C@H](C6CC6)C5)[nH]4)cc3)cc2)[nH]1)[C@H]1C[C@@H](C)O[C@H](C2CC2)C1. The van der Waals surface area contributed by atoms with E-state index in [2.05, 4.69) is 96.8 Å². The van der Waals surface area contributed by atoms with Crippen LogP contribution < -0.4 is 10.6 Å². The molecule has 6 heterocycles. The molecule has 6 aliphatic rings. The molecule has 16 nitrogen and oxygen atoms in total. The number of imidazole rings is 2. The largest absolute Gasteiger partial charge is 0.453 e. The van der Waals surface area contributed by atoms with E-state index in [4.69, 9.17) is 28.9 Å². The molecule has 10 rings (SSSR count). The van der Waals surface area contributed by atoms with Crippen molar-refractivity contribution in [3.8, 4) is 33.6 Å². The number of carbonyl (C=O) groups is 4. The van der Waals surface area contributed by atoms with Gasteiger partial charge < -0.3 is 49.3 Å². The molecule has 4 N–H and O–H groups in total. The van der Waals surface area contributed by atoms with Gasteiger partial charge in [-0.1, -0.05) is 48.5 Å². The Hall–Kier alpha value is -5.74. The Balaban J connectivity index is 0.802. The molecule has 2 aromatic carbocycles. The topological polar surface area (TPSA) is 193 Å². The zero-order chi connectivity index (χ0) is 48.8. The van der Waals surface area contributed by atoms with E-state index < -0.39 is 24.3 Å². The van der Waals surface area contributed by atoms with Crippen molar-refractivity contribution in [1.29, 1.82) is 0 Å². The number of likely N-dealkylation sites (tertiary alicyclic amines) is 2. The van der Waals surface area contributed by atoms with Crippen LogP contribution in [0.25, 0.3) is 33.6 Å². The lowest BCUT2D eigenvalue weighted by molar-refractivity contribution is -0.142. The van der Waals surface area contributed by atoms with E-state index in [-0.39, 0.29) is 72.2 Å². The number of amides is 4. The number of carbonyl (C=O) groups excluding carboxylic acids is 4. The molecule has 0 unspecified atom stereocenters. The highest BCUT2D eigenvalue weighted by Crippen LogP contribution is 2.45. The minimum Gasteiger partial charge on any atom is -0.453 e. The fraction of sp³-hybridized carbons (Fsp3) is 0.593. The Morgan fingerprint density at radius 1 is 0.557 bits per heavy atom. The summed E-state index contributed by atoms with van der Waals surface area (Å²) in [5.74, 6) is 2.21. The molecule has 0 spiro atoms. The van der Waals surface area contributed by atoms with Crippen LogP contribution in [0.1, 0.15) is 128 Å². The van der Waals surface area contributed by atoms with Crippen LogP contribution in [0.5, 0.6) is 0 Å². The number of nitrogens with one attached hydrogen (secondary N) is 4. The number of aromatic nitrogens is 4. The molecule has 0 bridgehead atoms. The van der Waals surface area contributed by atoms with E-state index in [1.165, 1.54) is 14.2 Å². The Morgan fingerprint density at radius 2 is 0.929 bits per heavy atom. The zero-order valence-electron chi connectivity index (χ0n) is 41.4. The number of benzene rings is 2. The third-order valence-electron chi connectivity index (χ3n) is 16.2. The lowest BCUT2D eigenvalue weighted by atomic mass is 9.83. The Bertz CT molecular complexity index is 2330. The summed E-state index contributed by atoms with van der Waals surface area (Å²) in [4.78, 5) is 75.2. The molecule has 4 aromatic rings. The molecular weight excluding hydrogens is 889 g/mol. The monoisotopic (exact) mass is 959 g/mol. The normalized spacial score (nSPS) is 29.9. The van der Waals surface area contributed by atoms with Gasteiger partial charge in [-0.2, -0.15) is 0 Å². The number of ether oxygens (including phenoxy) is 4. The quantitative estimate of drug-likeness (QED) is 0.101. The highest BCUT2D eigenvalue weighted by Gasteiger charge is 2.49. The van der Waals surface area contributed by atoms with E-state index in [1.807, 2.05) is 22.2 Å². The highest BCUT2D eigenvalue weighted by atomic mass is 16.5.